The van der Waals surface area contributed by atoms with Crippen molar-refractivity contribution in [3.05, 3.63) is 53.7 Å². The fourth-order valence-corrected chi connectivity index (χ4v) is 1.59. The lowest BCUT2D eigenvalue weighted by atomic mass is 10.1. The third kappa shape index (κ3) is 2.98. The number of nitriles is 1. The smallest absolute Gasteiger partial charge is 0.214 e. The van der Waals surface area contributed by atoms with Gasteiger partial charge < -0.3 is 10.5 Å². The SMILES string of the molecule is N#Cc1ccnc(OCCc2ccccc2N)c1. The molecule has 0 spiro atoms. The van der Waals surface area contributed by atoms with Crippen molar-refractivity contribution in [1.82, 2.24) is 4.98 Å². The topological polar surface area (TPSA) is 71.9 Å². The quantitative estimate of drug-likeness (QED) is 0.830. The molecule has 2 N–H and O–H groups in total. The molecule has 0 unspecified atom stereocenters. The van der Waals surface area contributed by atoms with Gasteiger partial charge in [-0.3, -0.25) is 0 Å². The van der Waals surface area contributed by atoms with Gasteiger partial charge in [0.1, 0.15) is 0 Å². The number of nitrogens with zero attached hydrogens (tertiary/aromatic N) is 2. The van der Waals surface area contributed by atoms with E-state index in [1.165, 1.54) is 0 Å². The molecule has 2 aromatic rings. The van der Waals surface area contributed by atoms with E-state index in [2.05, 4.69) is 4.98 Å². The summed E-state index contributed by atoms with van der Waals surface area (Å²) in [6.07, 6.45) is 2.27. The number of rotatable bonds is 4. The average molecular weight is 239 g/mol. The van der Waals surface area contributed by atoms with E-state index in [9.17, 15) is 0 Å². The van der Waals surface area contributed by atoms with Crippen molar-refractivity contribution in [3.8, 4) is 11.9 Å². The van der Waals surface area contributed by atoms with E-state index in [0.717, 1.165) is 11.3 Å². The highest BCUT2D eigenvalue weighted by Gasteiger charge is 2.00. The Kier molecular flexibility index (Phi) is 3.77. The molecule has 0 aliphatic heterocycles. The molecule has 1 heterocycles. The van der Waals surface area contributed by atoms with Gasteiger partial charge in [-0.2, -0.15) is 5.26 Å². The summed E-state index contributed by atoms with van der Waals surface area (Å²) in [6.45, 7) is 0.482. The average Bonchev–Trinajstić information content (AvgIpc) is 2.41. The van der Waals surface area contributed by atoms with Crippen LogP contribution in [0, 0.1) is 11.3 Å². The van der Waals surface area contributed by atoms with Crippen LogP contribution in [0.2, 0.25) is 0 Å². The van der Waals surface area contributed by atoms with Gasteiger partial charge in [0.05, 0.1) is 18.2 Å². The molecule has 0 saturated heterocycles. The molecule has 0 amide bonds. The van der Waals surface area contributed by atoms with Crippen molar-refractivity contribution in [1.29, 1.82) is 5.26 Å². The number of nitrogens with two attached hydrogens (primary N) is 1. The van der Waals surface area contributed by atoms with Crippen LogP contribution in [0.4, 0.5) is 5.69 Å². The summed E-state index contributed by atoms with van der Waals surface area (Å²) in [5.74, 6) is 0.462. The van der Waals surface area contributed by atoms with Gasteiger partial charge in [0.25, 0.3) is 0 Å². The first kappa shape index (κ1) is 11.9. The molecule has 0 aliphatic carbocycles. The van der Waals surface area contributed by atoms with Crippen LogP contribution in [0.1, 0.15) is 11.1 Å². The van der Waals surface area contributed by atoms with Crippen molar-refractivity contribution in [2.45, 2.75) is 6.42 Å². The highest BCUT2D eigenvalue weighted by molar-refractivity contribution is 5.46. The summed E-state index contributed by atoms with van der Waals surface area (Å²) < 4.78 is 5.49. The Morgan fingerprint density at radius 1 is 1.28 bits per heavy atom. The van der Waals surface area contributed by atoms with Gasteiger partial charge in [-0.1, -0.05) is 18.2 Å². The number of aromatic nitrogens is 1. The fraction of sp³-hybridized carbons (Fsp3) is 0.143. The maximum atomic E-state index is 8.75. The molecule has 4 nitrogen and oxygen atoms in total. The zero-order valence-electron chi connectivity index (χ0n) is 9.84. The van der Waals surface area contributed by atoms with Gasteiger partial charge in [-0.25, -0.2) is 4.98 Å². The van der Waals surface area contributed by atoms with Crippen LogP contribution in [0.25, 0.3) is 0 Å². The number of nitrogen functional groups attached to an aromatic ring is 1. The lowest BCUT2D eigenvalue weighted by molar-refractivity contribution is 0.309. The second-order valence-corrected chi connectivity index (χ2v) is 3.79. The molecular weight excluding hydrogens is 226 g/mol. The zero-order chi connectivity index (χ0) is 12.8. The van der Waals surface area contributed by atoms with E-state index < -0.39 is 0 Å². The maximum Gasteiger partial charge on any atom is 0.214 e. The van der Waals surface area contributed by atoms with E-state index in [4.69, 9.17) is 15.7 Å². The van der Waals surface area contributed by atoms with Crippen molar-refractivity contribution in [2.24, 2.45) is 0 Å². The van der Waals surface area contributed by atoms with E-state index in [1.807, 2.05) is 30.3 Å². The molecule has 0 radical (unpaired) electrons. The third-order valence-corrected chi connectivity index (χ3v) is 2.54. The van der Waals surface area contributed by atoms with Crippen LogP contribution in [0.3, 0.4) is 0 Å². The lowest BCUT2D eigenvalue weighted by Gasteiger charge is -2.07. The second-order valence-electron chi connectivity index (χ2n) is 3.79. The Morgan fingerprint density at radius 3 is 2.89 bits per heavy atom. The largest absolute Gasteiger partial charge is 0.477 e. The zero-order valence-corrected chi connectivity index (χ0v) is 9.84. The minimum atomic E-state index is 0.462. The third-order valence-electron chi connectivity index (χ3n) is 2.54. The highest BCUT2D eigenvalue weighted by atomic mass is 16.5. The van der Waals surface area contributed by atoms with E-state index in [-0.39, 0.29) is 0 Å². The minimum Gasteiger partial charge on any atom is -0.477 e. The summed E-state index contributed by atoms with van der Waals surface area (Å²) >= 11 is 0. The van der Waals surface area contributed by atoms with Crippen LogP contribution in [0.15, 0.2) is 42.6 Å². The van der Waals surface area contributed by atoms with Crippen LogP contribution >= 0.6 is 0 Å². The summed E-state index contributed by atoms with van der Waals surface area (Å²) in [7, 11) is 0. The van der Waals surface area contributed by atoms with Gasteiger partial charge in [-0.05, 0) is 17.7 Å². The molecule has 0 atom stereocenters. The Hall–Kier alpha value is -2.54. The van der Waals surface area contributed by atoms with Crippen LogP contribution in [-0.4, -0.2) is 11.6 Å². The number of hydrogen-bond acceptors (Lipinski definition) is 4. The number of ether oxygens (including phenoxy) is 1. The van der Waals surface area contributed by atoms with Crippen molar-refractivity contribution < 1.29 is 4.74 Å². The summed E-state index contributed by atoms with van der Waals surface area (Å²) in [5, 5.41) is 8.75. The first-order valence-corrected chi connectivity index (χ1v) is 5.62. The molecular formula is C14H13N3O. The van der Waals surface area contributed by atoms with E-state index in [0.29, 0.717) is 24.5 Å². The Labute approximate surface area is 106 Å². The number of pyridine rings is 1. The van der Waals surface area contributed by atoms with Crippen molar-refractivity contribution in [2.75, 3.05) is 12.3 Å². The lowest BCUT2D eigenvalue weighted by Crippen LogP contribution is -2.04. The van der Waals surface area contributed by atoms with Crippen LogP contribution in [-0.2, 0) is 6.42 Å². The van der Waals surface area contributed by atoms with E-state index in [1.54, 1.807) is 18.3 Å². The Bertz CT molecular complexity index is 575. The summed E-state index contributed by atoms with van der Waals surface area (Å²) in [6, 6.07) is 13.0. The molecule has 1 aromatic carbocycles. The van der Waals surface area contributed by atoms with Gasteiger partial charge in [-0.15, -0.1) is 0 Å². The number of benzene rings is 1. The van der Waals surface area contributed by atoms with Crippen LogP contribution < -0.4 is 10.5 Å². The van der Waals surface area contributed by atoms with Crippen molar-refractivity contribution in [3.63, 3.8) is 0 Å². The van der Waals surface area contributed by atoms with Gasteiger partial charge >= 0.3 is 0 Å². The molecule has 0 fully saturated rings. The number of para-hydroxylation sites is 1. The fourth-order valence-electron chi connectivity index (χ4n) is 1.59. The maximum absolute atomic E-state index is 8.75. The van der Waals surface area contributed by atoms with Crippen molar-refractivity contribution >= 4 is 5.69 Å². The normalized spacial score (nSPS) is 9.72. The molecule has 2 rings (SSSR count). The molecule has 18 heavy (non-hydrogen) atoms. The number of hydrogen-bond donors (Lipinski definition) is 1. The molecule has 4 heteroatoms. The first-order valence-electron chi connectivity index (χ1n) is 5.62. The minimum absolute atomic E-state index is 0.462. The molecule has 90 valence electrons. The number of anilines is 1. The molecule has 0 aliphatic rings. The summed E-state index contributed by atoms with van der Waals surface area (Å²) in [4.78, 5) is 4.04. The molecule has 0 bridgehead atoms. The van der Waals surface area contributed by atoms with Crippen LogP contribution in [0.5, 0.6) is 5.88 Å². The standard InChI is InChI=1S/C14H13N3O/c15-10-11-5-7-17-14(9-11)18-8-6-12-3-1-2-4-13(12)16/h1-5,7,9H,6,8,16H2. The van der Waals surface area contributed by atoms with Gasteiger partial charge in [0.15, 0.2) is 0 Å². The van der Waals surface area contributed by atoms with E-state index >= 15 is 0 Å². The predicted octanol–water partition coefficient (Wildman–Crippen LogP) is 2.16. The molecule has 1 aromatic heterocycles. The Morgan fingerprint density at radius 2 is 2.11 bits per heavy atom. The second kappa shape index (κ2) is 5.69. The van der Waals surface area contributed by atoms with Gasteiger partial charge in [0, 0.05) is 24.4 Å². The summed E-state index contributed by atoms with van der Waals surface area (Å²) in [5.41, 5.74) is 8.19. The predicted molar refractivity (Wildman–Crippen MR) is 69.0 cm³/mol. The molecule has 0 saturated carbocycles. The first-order chi connectivity index (χ1) is 8.79. The monoisotopic (exact) mass is 239 g/mol. The highest BCUT2D eigenvalue weighted by Crippen LogP contribution is 2.13. The van der Waals surface area contributed by atoms with Gasteiger partial charge in [0.2, 0.25) is 5.88 Å². The Balaban J connectivity index is 1.93.